The molecule has 5 aromatic rings. The van der Waals surface area contributed by atoms with Gasteiger partial charge in [0.15, 0.2) is 0 Å². The van der Waals surface area contributed by atoms with Gasteiger partial charge in [-0.15, -0.1) is 0 Å². The molecule has 1 aliphatic rings. The van der Waals surface area contributed by atoms with Crippen molar-refractivity contribution in [1.82, 2.24) is 14.1 Å². The van der Waals surface area contributed by atoms with E-state index < -0.39 is 5.60 Å². The minimum Gasteiger partial charge on any atom is -0.473 e. The van der Waals surface area contributed by atoms with Crippen LogP contribution in [0.3, 0.4) is 0 Å². The van der Waals surface area contributed by atoms with Crippen molar-refractivity contribution in [3.63, 3.8) is 0 Å². The molecule has 3 heterocycles. The van der Waals surface area contributed by atoms with Gasteiger partial charge in [0.25, 0.3) is 0 Å². The lowest BCUT2D eigenvalue weighted by Crippen LogP contribution is -2.39. The summed E-state index contributed by atoms with van der Waals surface area (Å²) in [7, 11) is 1.79. The average Bonchev–Trinajstić information content (AvgIpc) is 3.34. The van der Waals surface area contributed by atoms with Gasteiger partial charge in [0.05, 0.1) is 17.0 Å². The van der Waals surface area contributed by atoms with Crippen molar-refractivity contribution < 1.29 is 19.0 Å². The van der Waals surface area contributed by atoms with Gasteiger partial charge in [-0.2, -0.15) is 4.98 Å². The molecule has 9 nitrogen and oxygen atoms in total. The smallest absolute Gasteiger partial charge is 0.333 e. The standard InChI is InChI=1S/C39H44N4O5/c1-27(37(44)48-39(2,3)4)30-20-22-42(23-21-30)31-16-17-32-34(24-31)41(5)38(45)43(32)33-18-19-35(46-25-28-12-8-6-9-13-28)40-36(33)47-26-29-14-10-7-11-15-29/h6-19,24,27,30H,20-23,25-26H2,1-5H3. The Morgan fingerprint density at radius 1 is 0.854 bits per heavy atom. The van der Waals surface area contributed by atoms with Crippen LogP contribution >= 0.6 is 0 Å². The molecular weight excluding hydrogens is 604 g/mol. The van der Waals surface area contributed by atoms with Crippen molar-refractivity contribution in [2.75, 3.05) is 18.0 Å². The van der Waals surface area contributed by atoms with Crippen LogP contribution in [0.25, 0.3) is 16.7 Å². The van der Waals surface area contributed by atoms with Gasteiger partial charge in [0, 0.05) is 31.9 Å². The van der Waals surface area contributed by atoms with Crippen molar-refractivity contribution in [3.8, 4) is 17.4 Å². The highest BCUT2D eigenvalue weighted by atomic mass is 16.6. The number of esters is 1. The Morgan fingerprint density at radius 3 is 2.10 bits per heavy atom. The van der Waals surface area contributed by atoms with E-state index in [1.54, 1.807) is 22.2 Å². The first-order valence-corrected chi connectivity index (χ1v) is 16.6. The van der Waals surface area contributed by atoms with E-state index in [0.717, 1.165) is 53.8 Å². The van der Waals surface area contributed by atoms with Crippen molar-refractivity contribution in [1.29, 1.82) is 0 Å². The second-order valence-electron chi connectivity index (χ2n) is 13.5. The van der Waals surface area contributed by atoms with Crippen molar-refractivity contribution in [2.24, 2.45) is 18.9 Å². The molecule has 250 valence electrons. The molecule has 1 aliphatic heterocycles. The third-order valence-corrected chi connectivity index (χ3v) is 8.93. The fourth-order valence-corrected chi connectivity index (χ4v) is 6.23. The van der Waals surface area contributed by atoms with E-state index in [4.69, 9.17) is 19.2 Å². The summed E-state index contributed by atoms with van der Waals surface area (Å²) in [5, 5.41) is 0. The van der Waals surface area contributed by atoms with Gasteiger partial charge in [-0.1, -0.05) is 67.6 Å². The third kappa shape index (κ3) is 7.40. The Balaban J connectivity index is 1.25. The van der Waals surface area contributed by atoms with Crippen LogP contribution in [0.2, 0.25) is 0 Å². The zero-order valence-electron chi connectivity index (χ0n) is 28.4. The van der Waals surface area contributed by atoms with Gasteiger partial charge in [-0.25, -0.2) is 4.79 Å². The number of fused-ring (bicyclic) bond motifs is 1. The summed E-state index contributed by atoms with van der Waals surface area (Å²) in [4.78, 5) is 33.6. The summed E-state index contributed by atoms with van der Waals surface area (Å²) in [5.41, 5.74) is 4.47. The Kier molecular flexibility index (Phi) is 9.57. The molecule has 0 amide bonds. The molecule has 2 aromatic heterocycles. The molecule has 3 aromatic carbocycles. The Morgan fingerprint density at radius 2 is 1.48 bits per heavy atom. The monoisotopic (exact) mass is 648 g/mol. The fourth-order valence-electron chi connectivity index (χ4n) is 6.23. The normalized spacial score (nSPS) is 14.6. The molecule has 0 saturated carbocycles. The van der Waals surface area contributed by atoms with E-state index in [2.05, 4.69) is 17.0 Å². The Bertz CT molecular complexity index is 1920. The number of ether oxygens (including phenoxy) is 3. The Hall–Kier alpha value is -5.05. The minimum absolute atomic E-state index is 0.129. The van der Waals surface area contributed by atoms with E-state index >= 15 is 0 Å². The van der Waals surface area contributed by atoms with Gasteiger partial charge in [0.2, 0.25) is 11.8 Å². The highest BCUT2D eigenvalue weighted by Crippen LogP contribution is 2.33. The van der Waals surface area contributed by atoms with Gasteiger partial charge < -0.3 is 19.1 Å². The maximum Gasteiger partial charge on any atom is 0.333 e. The maximum absolute atomic E-state index is 13.8. The topological polar surface area (TPSA) is 87.8 Å². The molecule has 6 rings (SSSR count). The predicted molar refractivity (Wildman–Crippen MR) is 188 cm³/mol. The fraction of sp³-hybridized carbons (Fsp3) is 0.359. The van der Waals surface area contributed by atoms with E-state index in [1.165, 1.54) is 0 Å². The average molecular weight is 649 g/mol. The highest BCUT2D eigenvalue weighted by molar-refractivity contribution is 5.82. The summed E-state index contributed by atoms with van der Waals surface area (Å²) < 4.78 is 21.3. The number of carbonyl (C=O) groups is 1. The molecule has 1 unspecified atom stereocenters. The molecule has 0 radical (unpaired) electrons. The molecule has 0 aliphatic carbocycles. The number of nitrogens with zero attached hydrogens (tertiary/aromatic N) is 4. The lowest BCUT2D eigenvalue weighted by molar-refractivity contribution is -0.161. The number of rotatable bonds is 10. The summed E-state index contributed by atoms with van der Waals surface area (Å²) in [6.45, 7) is 9.99. The SMILES string of the molecule is CC(C(=O)OC(C)(C)C)C1CCN(c2ccc3c(c2)n(C)c(=O)n3-c2ccc(OCc3ccccc3)nc2OCc2ccccc2)CC1. The third-order valence-electron chi connectivity index (χ3n) is 8.93. The molecule has 9 heteroatoms. The van der Waals surface area contributed by atoms with Crippen LogP contribution in [0.1, 0.15) is 51.7 Å². The number of aryl methyl sites for hydroxylation is 1. The molecule has 1 fully saturated rings. The lowest BCUT2D eigenvalue weighted by Gasteiger charge is -2.36. The van der Waals surface area contributed by atoms with Crippen LogP contribution in [0.5, 0.6) is 11.8 Å². The van der Waals surface area contributed by atoms with Crippen LogP contribution in [0, 0.1) is 11.8 Å². The number of anilines is 1. The van der Waals surface area contributed by atoms with Crippen molar-refractivity contribution in [3.05, 3.63) is 113 Å². The zero-order chi connectivity index (χ0) is 33.8. The van der Waals surface area contributed by atoms with E-state index in [9.17, 15) is 9.59 Å². The second kappa shape index (κ2) is 14.0. The lowest BCUT2D eigenvalue weighted by atomic mass is 9.85. The van der Waals surface area contributed by atoms with Gasteiger partial charge in [-0.3, -0.25) is 13.9 Å². The van der Waals surface area contributed by atoms with Gasteiger partial charge in [0.1, 0.15) is 24.5 Å². The first-order chi connectivity index (χ1) is 23.1. The second-order valence-corrected chi connectivity index (χ2v) is 13.5. The summed E-state index contributed by atoms with van der Waals surface area (Å²) in [6, 6.07) is 29.5. The van der Waals surface area contributed by atoms with Crippen LogP contribution in [0.15, 0.2) is 95.8 Å². The van der Waals surface area contributed by atoms with Gasteiger partial charge in [-0.05, 0) is 74.9 Å². The number of hydrogen-bond acceptors (Lipinski definition) is 7. The summed E-state index contributed by atoms with van der Waals surface area (Å²) >= 11 is 0. The Labute approximate surface area is 281 Å². The van der Waals surface area contributed by atoms with Crippen LogP contribution in [-0.4, -0.2) is 38.8 Å². The molecular formula is C39H44N4O5. The van der Waals surface area contributed by atoms with Gasteiger partial charge >= 0.3 is 11.7 Å². The quantitative estimate of drug-likeness (QED) is 0.150. The molecule has 48 heavy (non-hydrogen) atoms. The predicted octanol–water partition coefficient (Wildman–Crippen LogP) is 7.08. The van der Waals surface area contributed by atoms with E-state index in [1.807, 2.05) is 100 Å². The molecule has 1 saturated heterocycles. The van der Waals surface area contributed by atoms with E-state index in [0.29, 0.717) is 24.1 Å². The zero-order valence-corrected chi connectivity index (χ0v) is 28.4. The number of pyridine rings is 1. The van der Waals surface area contributed by atoms with Crippen LogP contribution < -0.4 is 20.1 Å². The summed E-state index contributed by atoms with van der Waals surface area (Å²) in [6.07, 6.45) is 1.79. The number of imidazole rings is 1. The number of piperidine rings is 1. The number of benzene rings is 3. The maximum atomic E-state index is 13.8. The molecule has 1 atom stereocenters. The molecule has 0 bridgehead atoms. The van der Waals surface area contributed by atoms with Crippen molar-refractivity contribution in [2.45, 2.75) is 59.4 Å². The van der Waals surface area contributed by atoms with Crippen molar-refractivity contribution >= 4 is 22.7 Å². The first kappa shape index (κ1) is 32.9. The number of aromatic nitrogens is 3. The number of hydrogen-bond donors (Lipinski definition) is 0. The largest absolute Gasteiger partial charge is 0.473 e. The minimum atomic E-state index is -0.489. The first-order valence-electron chi connectivity index (χ1n) is 16.6. The molecule has 0 spiro atoms. The molecule has 0 N–H and O–H groups in total. The van der Waals surface area contributed by atoms with E-state index in [-0.39, 0.29) is 30.1 Å². The highest BCUT2D eigenvalue weighted by Gasteiger charge is 2.31. The van der Waals surface area contributed by atoms with Crippen LogP contribution in [0.4, 0.5) is 5.69 Å². The number of carbonyl (C=O) groups excluding carboxylic acids is 1. The summed E-state index contributed by atoms with van der Waals surface area (Å²) in [5.74, 6) is 0.712. The van der Waals surface area contributed by atoms with Crippen LogP contribution in [-0.2, 0) is 29.8 Å².